The van der Waals surface area contributed by atoms with Gasteiger partial charge < -0.3 is 52.5 Å². The Morgan fingerprint density at radius 2 is 1.23 bits per heavy atom. The van der Waals surface area contributed by atoms with Gasteiger partial charge >= 0.3 is 53.7 Å². The zero-order valence-corrected chi connectivity index (χ0v) is 40.0. The number of fused-ring (bicyclic) bond motifs is 5. The summed E-state index contributed by atoms with van der Waals surface area (Å²) in [6.45, 7) is 6.38. The number of hydrogen-bond acceptors (Lipinski definition) is 21. The van der Waals surface area contributed by atoms with Gasteiger partial charge in [0.1, 0.15) is 42.0 Å². The number of aryl methyl sites for hydroxylation is 1. The van der Waals surface area contributed by atoms with E-state index < -0.39 is 144 Å². The number of cyclic esters (lactones) is 1. The third-order valence-corrected chi connectivity index (χ3v) is 13.5. The maximum Gasteiger partial charge on any atom is 0.350 e. The summed E-state index contributed by atoms with van der Waals surface area (Å²) in [6, 6.07) is 17.5. The zero-order chi connectivity index (χ0) is 51.8. The first-order chi connectivity index (χ1) is 33.4. The largest absolute Gasteiger partial charge is 0.465 e. The lowest BCUT2D eigenvalue weighted by Crippen LogP contribution is -2.89. The Bertz CT molecular complexity index is 2620. The molecule has 2 saturated carbocycles. The first kappa shape index (κ1) is 51.6. The third-order valence-electron chi connectivity index (χ3n) is 13.5. The number of rotatable bonds is 10. The molecule has 2 aliphatic heterocycles. The predicted octanol–water partition coefficient (Wildman–Crippen LogP) is 3.14. The van der Waals surface area contributed by atoms with Crippen LogP contribution in [0.25, 0.3) is 0 Å². The van der Waals surface area contributed by atoms with E-state index in [2.05, 4.69) is 4.98 Å². The van der Waals surface area contributed by atoms with Gasteiger partial charge in [0.2, 0.25) is 5.60 Å². The van der Waals surface area contributed by atoms with Crippen molar-refractivity contribution in [3.8, 4) is 0 Å². The zero-order valence-electron chi connectivity index (χ0n) is 40.0. The highest BCUT2D eigenvalue weighted by molar-refractivity contribution is 5.91. The van der Waals surface area contributed by atoms with Gasteiger partial charge in [-0.25, -0.2) is 19.2 Å². The van der Waals surface area contributed by atoms with Crippen LogP contribution in [0.15, 0.2) is 79.0 Å². The van der Waals surface area contributed by atoms with Gasteiger partial charge in [-0.15, -0.1) is 0 Å². The van der Waals surface area contributed by atoms with Crippen LogP contribution in [0, 0.1) is 11.3 Å². The van der Waals surface area contributed by atoms with E-state index in [1.165, 1.54) is 80.7 Å². The molecule has 3 heterocycles. The molecule has 4 aliphatic rings. The number of carbonyl (C=O) groups is 9. The molecule has 3 aromatic rings. The molecule has 71 heavy (non-hydrogen) atoms. The van der Waals surface area contributed by atoms with Crippen LogP contribution in [0.5, 0.6) is 0 Å². The van der Waals surface area contributed by atoms with Crippen LogP contribution in [0.4, 0.5) is 0 Å². The van der Waals surface area contributed by atoms with Gasteiger partial charge in [-0.05, 0) is 63.6 Å². The molecule has 1 saturated heterocycles. The van der Waals surface area contributed by atoms with Crippen LogP contribution in [0.1, 0.15) is 98.6 Å². The number of aromatic nitrogens is 1. The topological polar surface area (TPSA) is 279 Å². The van der Waals surface area contributed by atoms with Crippen LogP contribution in [0.3, 0.4) is 0 Å². The molecule has 1 aromatic heterocycles. The van der Waals surface area contributed by atoms with Crippen molar-refractivity contribution in [1.29, 1.82) is 0 Å². The summed E-state index contributed by atoms with van der Waals surface area (Å²) in [6.07, 6.45) is -12.5. The first-order valence-electron chi connectivity index (χ1n) is 22.5. The molecule has 2 aliphatic carbocycles. The van der Waals surface area contributed by atoms with Crippen molar-refractivity contribution in [2.45, 2.75) is 127 Å². The second kappa shape index (κ2) is 19.5. The SMILES string of the molecule is CC(=O)OC[C@]12[C@H](OC(C)=O)[C@H](OC(C)=O)[C@@H]3[C@@H](OC(=O)c4ccccc4)[C@@]14O[C@@]3(C)COC(=O)c1cccnc1CCC(C)(OC(C)=O)C(=O)O[C@@H]([C@H](OC(C)=O)[C@@H]2OC(=O)c1ccccc1)[C@]4(C)O. The van der Waals surface area contributed by atoms with Crippen molar-refractivity contribution in [1.82, 2.24) is 4.98 Å². The molecule has 378 valence electrons. The highest BCUT2D eigenvalue weighted by Crippen LogP contribution is 2.70. The van der Waals surface area contributed by atoms with Gasteiger partial charge in [0.15, 0.2) is 30.0 Å². The second-order valence-corrected chi connectivity index (χ2v) is 18.4. The van der Waals surface area contributed by atoms with Crippen LogP contribution in [-0.2, 0) is 82.6 Å². The lowest BCUT2D eigenvalue weighted by atomic mass is 9.45. The van der Waals surface area contributed by atoms with Crippen molar-refractivity contribution >= 4 is 53.7 Å². The van der Waals surface area contributed by atoms with Gasteiger partial charge in [0, 0.05) is 47.2 Å². The Kier molecular flexibility index (Phi) is 14.2. The summed E-state index contributed by atoms with van der Waals surface area (Å²) in [5, 5.41) is 14.0. The van der Waals surface area contributed by atoms with E-state index in [9.17, 15) is 43.5 Å². The van der Waals surface area contributed by atoms with E-state index in [1.54, 1.807) is 12.1 Å². The Morgan fingerprint density at radius 1 is 0.676 bits per heavy atom. The molecule has 2 aromatic carbocycles. The molecular weight excluding hydrogens is 935 g/mol. The van der Waals surface area contributed by atoms with Crippen molar-refractivity contribution < 1.29 is 95.6 Å². The Balaban J connectivity index is 1.66. The Hall–Kier alpha value is -7.26. The molecule has 0 amide bonds. The Labute approximate surface area is 406 Å². The summed E-state index contributed by atoms with van der Waals surface area (Å²) >= 11 is 0. The van der Waals surface area contributed by atoms with Crippen molar-refractivity contribution in [3.63, 3.8) is 0 Å². The second-order valence-electron chi connectivity index (χ2n) is 18.4. The minimum atomic E-state index is -3.07. The summed E-state index contributed by atoms with van der Waals surface area (Å²) in [4.78, 5) is 130. The molecule has 1 spiro atoms. The average molecular weight is 988 g/mol. The van der Waals surface area contributed by atoms with Gasteiger partial charge in [-0.1, -0.05) is 36.4 Å². The molecule has 7 rings (SSSR count). The first-order valence-corrected chi connectivity index (χ1v) is 22.5. The summed E-state index contributed by atoms with van der Waals surface area (Å²) in [5.74, 6) is -11.8. The fourth-order valence-electron chi connectivity index (χ4n) is 10.7. The number of hydrogen-bond donors (Lipinski definition) is 1. The van der Waals surface area contributed by atoms with E-state index in [0.717, 1.165) is 41.5 Å². The van der Waals surface area contributed by atoms with E-state index >= 15 is 4.79 Å². The number of pyridine rings is 1. The van der Waals surface area contributed by atoms with Crippen LogP contribution in [0.2, 0.25) is 0 Å². The molecule has 1 unspecified atom stereocenters. The number of esters is 9. The number of aliphatic hydroxyl groups is 1. The van der Waals surface area contributed by atoms with E-state index in [0.29, 0.717) is 0 Å². The molecule has 4 bridgehead atoms. The third kappa shape index (κ3) is 9.19. The predicted molar refractivity (Wildman–Crippen MR) is 236 cm³/mol. The van der Waals surface area contributed by atoms with Gasteiger partial charge in [0.25, 0.3) is 0 Å². The quantitative estimate of drug-likeness (QED) is 0.226. The van der Waals surface area contributed by atoms with E-state index in [4.69, 9.17) is 47.4 Å². The molecule has 3 fully saturated rings. The summed E-state index contributed by atoms with van der Waals surface area (Å²) < 4.78 is 62.2. The number of nitrogens with zero attached hydrogens (tertiary/aromatic N) is 1. The maximum atomic E-state index is 15.1. The fraction of sp³-hybridized carbons (Fsp3) is 0.480. The fourth-order valence-corrected chi connectivity index (χ4v) is 10.7. The van der Waals surface area contributed by atoms with Crippen molar-refractivity contribution in [2.24, 2.45) is 11.3 Å². The molecule has 21 heteroatoms. The van der Waals surface area contributed by atoms with Gasteiger partial charge in [0.05, 0.1) is 28.3 Å². The van der Waals surface area contributed by atoms with E-state index in [-0.39, 0.29) is 28.8 Å². The maximum absolute atomic E-state index is 15.1. The smallest absolute Gasteiger partial charge is 0.350 e. The molecule has 21 nitrogen and oxygen atoms in total. The van der Waals surface area contributed by atoms with Crippen LogP contribution >= 0.6 is 0 Å². The van der Waals surface area contributed by atoms with Gasteiger partial charge in [-0.3, -0.25) is 29.0 Å². The monoisotopic (exact) mass is 987 g/mol. The standard InChI is InChI=1S/C50H53NO20/c1-26(52)62-25-49-40(66-29(4)55)36(64-27(2)53)35-38(67-42(57)31-16-11-9-12-17-31)50(49)48(8,61)39(37(65-28(3)54)41(49)68-43(58)32-18-13-10-14-19-32)69-45(60)46(6,70-30(5)56)22-21-34-33(20-15-23-51-34)44(59)63-24-47(35,7)71-50/h9-20,23,35-41,61H,21-22,24-25H2,1-8H3/t35-,36-,37+,38-,39+,40-,41+,46?,47+,48+,49-,50+/m1/s1. The number of benzene rings is 2. The molecule has 0 radical (unpaired) electrons. The average Bonchev–Trinajstić information content (AvgIpc) is 3.53. The van der Waals surface area contributed by atoms with Crippen LogP contribution in [-0.4, -0.2) is 136 Å². The normalized spacial score (nSPS) is 32.9. The van der Waals surface area contributed by atoms with Crippen molar-refractivity contribution in [2.75, 3.05) is 13.2 Å². The van der Waals surface area contributed by atoms with Crippen LogP contribution < -0.4 is 0 Å². The summed E-state index contributed by atoms with van der Waals surface area (Å²) in [7, 11) is 0. The van der Waals surface area contributed by atoms with Gasteiger partial charge in [-0.2, -0.15) is 0 Å². The highest BCUT2D eigenvalue weighted by Gasteiger charge is 2.92. The number of carbonyl (C=O) groups excluding carboxylic acids is 9. The molecular formula is C50H53NO20. The number of ether oxygens (including phenoxy) is 10. The minimum Gasteiger partial charge on any atom is -0.465 e. The Morgan fingerprint density at radius 3 is 1.77 bits per heavy atom. The lowest BCUT2D eigenvalue weighted by Gasteiger charge is -2.67. The van der Waals surface area contributed by atoms with Crippen molar-refractivity contribution in [3.05, 3.63) is 101 Å². The minimum absolute atomic E-state index is 0.0626. The highest BCUT2D eigenvalue weighted by atomic mass is 16.7. The summed E-state index contributed by atoms with van der Waals surface area (Å²) in [5.41, 5.74) is -13.7. The molecule has 12 atom stereocenters. The lowest BCUT2D eigenvalue weighted by molar-refractivity contribution is -0.385. The molecule has 1 N–H and O–H groups in total. The van der Waals surface area contributed by atoms with E-state index in [1.807, 2.05) is 0 Å².